The van der Waals surface area contributed by atoms with Crippen LogP contribution in [-0.4, -0.2) is 116 Å². The summed E-state index contributed by atoms with van der Waals surface area (Å²) in [6, 6.07) is 5.62. The number of anilines is 1. The van der Waals surface area contributed by atoms with Crippen molar-refractivity contribution in [3.8, 4) is 11.3 Å². The number of fused-ring (bicyclic) bond motifs is 1. The van der Waals surface area contributed by atoms with Gasteiger partial charge in [-0.15, -0.1) is 11.3 Å². The van der Waals surface area contributed by atoms with Crippen molar-refractivity contribution in [3.63, 3.8) is 0 Å². The average molecular weight is 611 g/mol. The third kappa shape index (κ3) is 6.48. The molecule has 0 spiro atoms. The summed E-state index contributed by atoms with van der Waals surface area (Å²) in [5, 5.41) is 6.12. The molecule has 2 aromatic rings. The third-order valence-electron chi connectivity index (χ3n) is 9.37. The van der Waals surface area contributed by atoms with Crippen LogP contribution in [0.1, 0.15) is 42.5 Å². The molecule has 1 aliphatic carbocycles. The molecule has 0 bridgehead atoms. The SMILES string of the molecule is COCCN1CCN(c2nc(-c3ccc(C(=O)N[C@H](C(=O)N4C[C@H](N)[C@@H]5OCC(=O)[C@H]54)C4CCCCC4)cc3)cs2)CC1. The number of amides is 2. The Bertz CT molecular complexity index is 1290. The van der Waals surface area contributed by atoms with E-state index in [0.29, 0.717) is 5.56 Å². The number of nitrogens with zero attached hydrogens (tertiary/aromatic N) is 4. The van der Waals surface area contributed by atoms with Crippen LogP contribution in [0.25, 0.3) is 11.3 Å². The zero-order valence-corrected chi connectivity index (χ0v) is 25.6. The van der Waals surface area contributed by atoms with E-state index >= 15 is 0 Å². The molecule has 0 radical (unpaired) electrons. The number of piperazine rings is 1. The fourth-order valence-electron chi connectivity index (χ4n) is 6.89. The van der Waals surface area contributed by atoms with Crippen LogP contribution in [-0.2, 0) is 19.1 Å². The van der Waals surface area contributed by atoms with Gasteiger partial charge in [-0.1, -0.05) is 31.4 Å². The van der Waals surface area contributed by atoms with Gasteiger partial charge in [0, 0.05) is 62.9 Å². The molecule has 1 aromatic heterocycles. The Labute approximate surface area is 256 Å². The normalized spacial score (nSPS) is 25.6. The maximum Gasteiger partial charge on any atom is 0.251 e. The van der Waals surface area contributed by atoms with Crippen molar-refractivity contribution in [1.29, 1.82) is 0 Å². The van der Waals surface area contributed by atoms with Gasteiger partial charge in [0.05, 0.1) is 18.3 Å². The van der Waals surface area contributed by atoms with Crippen LogP contribution in [0.2, 0.25) is 0 Å². The van der Waals surface area contributed by atoms with Crippen LogP contribution in [0.5, 0.6) is 0 Å². The van der Waals surface area contributed by atoms with Gasteiger partial charge in [-0.05, 0) is 30.9 Å². The molecule has 11 nitrogen and oxygen atoms in total. The number of thiazole rings is 1. The molecule has 1 aromatic carbocycles. The molecule has 4 heterocycles. The number of hydrogen-bond donors (Lipinski definition) is 2. The Morgan fingerprint density at radius 1 is 1.14 bits per heavy atom. The highest BCUT2D eigenvalue weighted by Gasteiger charge is 2.52. The van der Waals surface area contributed by atoms with E-state index in [1.54, 1.807) is 35.5 Å². The van der Waals surface area contributed by atoms with Crippen LogP contribution in [0.3, 0.4) is 0 Å². The molecule has 4 aliphatic rings. The third-order valence-corrected chi connectivity index (χ3v) is 10.3. The Hall–Kier alpha value is -2.90. The molecule has 4 atom stereocenters. The number of methoxy groups -OCH3 is 1. The minimum Gasteiger partial charge on any atom is -0.383 e. The molecule has 43 heavy (non-hydrogen) atoms. The largest absolute Gasteiger partial charge is 0.383 e. The van der Waals surface area contributed by atoms with E-state index in [4.69, 9.17) is 20.2 Å². The molecular weight excluding hydrogens is 568 g/mol. The molecule has 0 unspecified atom stereocenters. The van der Waals surface area contributed by atoms with Gasteiger partial charge in [-0.2, -0.15) is 0 Å². The van der Waals surface area contributed by atoms with E-state index in [1.165, 1.54) is 0 Å². The number of Topliss-reactive ketones (excluding diaryl/α,β-unsaturated/α-hetero) is 1. The smallest absolute Gasteiger partial charge is 0.251 e. The van der Waals surface area contributed by atoms with Crippen molar-refractivity contribution >= 4 is 34.1 Å². The van der Waals surface area contributed by atoms with Gasteiger partial charge in [0.2, 0.25) is 5.91 Å². The number of benzene rings is 1. The minimum atomic E-state index is -0.706. The summed E-state index contributed by atoms with van der Waals surface area (Å²) in [7, 11) is 1.73. The maximum absolute atomic E-state index is 13.9. The van der Waals surface area contributed by atoms with Crippen LogP contribution < -0.4 is 16.0 Å². The van der Waals surface area contributed by atoms with Crippen molar-refractivity contribution in [2.45, 2.75) is 56.3 Å². The van der Waals surface area contributed by atoms with E-state index in [1.807, 2.05) is 12.1 Å². The van der Waals surface area contributed by atoms with Crippen molar-refractivity contribution < 1.29 is 23.9 Å². The number of ether oxygens (including phenoxy) is 2. The summed E-state index contributed by atoms with van der Waals surface area (Å²) in [5.74, 6) is -0.624. The standard InChI is InChI=1S/C31H42N6O5S/c1-41-16-15-35-11-13-36(14-12-35)31-33-24(19-43-31)20-7-9-22(10-8-20)29(39)34-26(21-5-3-2-4-6-21)30(40)37-17-23(32)28-27(37)25(38)18-42-28/h7-10,19,21,23,26-28H,2-6,11-18,32H2,1H3,(H,34,39)/t23-,26-,27+,28-/m0/s1. The predicted molar refractivity (Wildman–Crippen MR) is 164 cm³/mol. The summed E-state index contributed by atoms with van der Waals surface area (Å²) < 4.78 is 10.8. The second-order valence-corrected chi connectivity index (χ2v) is 12.9. The summed E-state index contributed by atoms with van der Waals surface area (Å²) in [6.07, 6.45) is 4.42. The number of hydrogen-bond acceptors (Lipinski definition) is 10. The zero-order valence-electron chi connectivity index (χ0n) is 24.8. The van der Waals surface area contributed by atoms with Gasteiger partial charge in [-0.3, -0.25) is 19.3 Å². The van der Waals surface area contributed by atoms with Gasteiger partial charge in [0.15, 0.2) is 10.9 Å². The molecule has 232 valence electrons. The molecular formula is C31H42N6O5S. The summed E-state index contributed by atoms with van der Waals surface area (Å²) in [4.78, 5) is 51.2. The summed E-state index contributed by atoms with van der Waals surface area (Å²) in [6.45, 7) is 5.77. The molecule has 3 N–H and O–H groups in total. The topological polar surface area (TPSA) is 130 Å². The molecule has 6 rings (SSSR count). The van der Waals surface area contributed by atoms with Crippen molar-refractivity contribution in [1.82, 2.24) is 20.1 Å². The van der Waals surface area contributed by atoms with Gasteiger partial charge in [-0.25, -0.2) is 4.98 Å². The van der Waals surface area contributed by atoms with Crippen LogP contribution in [0, 0.1) is 5.92 Å². The second kappa shape index (κ2) is 13.4. The number of carbonyl (C=O) groups excluding carboxylic acids is 3. The van der Waals surface area contributed by atoms with Gasteiger partial charge >= 0.3 is 0 Å². The van der Waals surface area contributed by atoms with Crippen LogP contribution >= 0.6 is 11.3 Å². The molecule has 3 aliphatic heterocycles. The number of carbonyl (C=O) groups is 3. The number of nitrogens with one attached hydrogen (secondary N) is 1. The predicted octanol–water partition coefficient (Wildman–Crippen LogP) is 1.76. The van der Waals surface area contributed by atoms with E-state index in [9.17, 15) is 14.4 Å². The Morgan fingerprint density at radius 3 is 2.60 bits per heavy atom. The highest BCUT2D eigenvalue weighted by Crippen LogP contribution is 2.32. The lowest BCUT2D eigenvalue weighted by Crippen LogP contribution is -2.55. The molecule has 3 saturated heterocycles. The van der Waals surface area contributed by atoms with Gasteiger partial charge < -0.3 is 30.3 Å². The highest BCUT2D eigenvalue weighted by atomic mass is 32.1. The Morgan fingerprint density at radius 2 is 1.88 bits per heavy atom. The first-order valence-electron chi connectivity index (χ1n) is 15.5. The second-order valence-electron chi connectivity index (χ2n) is 12.1. The number of ketones is 1. The first-order chi connectivity index (χ1) is 20.9. The fraction of sp³-hybridized carbons (Fsp3) is 0.613. The van der Waals surface area contributed by atoms with E-state index in [2.05, 4.69) is 20.5 Å². The highest BCUT2D eigenvalue weighted by molar-refractivity contribution is 7.14. The van der Waals surface area contributed by atoms with Crippen molar-refractivity contribution in [3.05, 3.63) is 35.2 Å². The van der Waals surface area contributed by atoms with Crippen LogP contribution in [0.15, 0.2) is 29.6 Å². The molecule has 2 amide bonds. The lowest BCUT2D eigenvalue weighted by atomic mass is 9.83. The number of likely N-dealkylation sites (tertiary alicyclic amines) is 1. The molecule has 12 heteroatoms. The van der Waals surface area contributed by atoms with Gasteiger partial charge in [0.25, 0.3) is 5.91 Å². The Balaban J connectivity index is 1.11. The summed E-state index contributed by atoms with van der Waals surface area (Å²) >= 11 is 1.64. The van der Waals surface area contributed by atoms with E-state index in [0.717, 1.165) is 87.8 Å². The van der Waals surface area contributed by atoms with E-state index in [-0.39, 0.29) is 36.7 Å². The fourth-order valence-corrected chi connectivity index (χ4v) is 7.78. The number of rotatable bonds is 9. The quantitative estimate of drug-likeness (QED) is 0.436. The molecule has 4 fully saturated rings. The number of aromatic nitrogens is 1. The lowest BCUT2D eigenvalue weighted by Gasteiger charge is -2.34. The zero-order chi connectivity index (χ0) is 29.9. The maximum atomic E-state index is 13.9. The minimum absolute atomic E-state index is 0.0208. The average Bonchev–Trinajstić information content (AvgIpc) is 3.77. The molecule has 1 saturated carbocycles. The van der Waals surface area contributed by atoms with E-state index < -0.39 is 24.2 Å². The Kier molecular flexibility index (Phi) is 9.39. The first-order valence-corrected chi connectivity index (χ1v) is 16.3. The summed E-state index contributed by atoms with van der Waals surface area (Å²) in [5.41, 5.74) is 8.54. The lowest BCUT2D eigenvalue weighted by molar-refractivity contribution is -0.139. The van der Waals surface area contributed by atoms with Crippen molar-refractivity contribution in [2.75, 3.05) is 64.5 Å². The van der Waals surface area contributed by atoms with Crippen molar-refractivity contribution in [2.24, 2.45) is 11.7 Å². The number of nitrogens with two attached hydrogens (primary N) is 1. The van der Waals surface area contributed by atoms with Crippen LogP contribution in [0.4, 0.5) is 5.13 Å². The first kappa shape index (κ1) is 30.1. The monoisotopic (exact) mass is 610 g/mol. The van der Waals surface area contributed by atoms with Gasteiger partial charge in [0.1, 0.15) is 24.8 Å².